The first-order valence-corrected chi connectivity index (χ1v) is 6.01. The average molecular weight is 252 g/mol. The molecule has 0 fully saturated rings. The van der Waals surface area contributed by atoms with Crippen LogP contribution in [0.25, 0.3) is 0 Å². The van der Waals surface area contributed by atoms with E-state index in [1.165, 1.54) is 0 Å². The molecule has 0 aliphatic carbocycles. The lowest BCUT2D eigenvalue weighted by molar-refractivity contribution is -0.384. The summed E-state index contributed by atoms with van der Waals surface area (Å²) in [5.74, 6) is 5.24. The number of rotatable bonds is 7. The van der Waals surface area contributed by atoms with Gasteiger partial charge < -0.3 is 10.3 Å². The number of hydrogen-bond donors (Lipinski definition) is 2. The highest BCUT2D eigenvalue weighted by Crippen LogP contribution is 2.25. The number of hydrazine groups is 1. The molecule has 0 amide bonds. The summed E-state index contributed by atoms with van der Waals surface area (Å²) in [4.78, 5) is 12.6. The van der Waals surface area contributed by atoms with Crippen molar-refractivity contribution in [1.29, 1.82) is 0 Å². The minimum Gasteiger partial charge on any atom is -0.318 e. The Bertz CT molecular complexity index is 409. The Morgan fingerprint density at radius 2 is 2.22 bits per heavy atom. The van der Waals surface area contributed by atoms with Gasteiger partial charge in [0.2, 0.25) is 0 Å². The molecule has 0 aliphatic heterocycles. The van der Waals surface area contributed by atoms with E-state index < -0.39 is 4.92 Å². The first-order valence-electron chi connectivity index (χ1n) is 6.01. The molecule has 6 nitrogen and oxygen atoms in total. The Morgan fingerprint density at radius 1 is 1.50 bits per heavy atom. The number of nitrogens with zero attached hydrogens (tertiary/aromatic N) is 2. The smallest absolute Gasteiger partial charge is 0.293 e. The van der Waals surface area contributed by atoms with Gasteiger partial charge in [-0.2, -0.15) is 0 Å². The summed E-state index contributed by atoms with van der Waals surface area (Å²) in [5.41, 5.74) is 3.60. The zero-order chi connectivity index (χ0) is 13.5. The van der Waals surface area contributed by atoms with Crippen LogP contribution in [-0.2, 0) is 6.54 Å². The molecule has 0 spiro atoms. The molecule has 18 heavy (non-hydrogen) atoms. The third-order valence-electron chi connectivity index (χ3n) is 2.76. The zero-order valence-corrected chi connectivity index (χ0v) is 10.8. The summed E-state index contributed by atoms with van der Waals surface area (Å²) >= 11 is 0. The van der Waals surface area contributed by atoms with Gasteiger partial charge in [-0.1, -0.05) is 19.4 Å². The molecule has 0 unspecified atom stereocenters. The highest BCUT2D eigenvalue weighted by molar-refractivity contribution is 5.61. The van der Waals surface area contributed by atoms with Crippen LogP contribution in [0.4, 0.5) is 11.4 Å². The van der Waals surface area contributed by atoms with Crippen LogP contribution in [-0.4, -0.2) is 23.4 Å². The van der Waals surface area contributed by atoms with Crippen molar-refractivity contribution in [2.75, 3.05) is 19.0 Å². The molecule has 0 radical (unpaired) electrons. The highest BCUT2D eigenvalue weighted by atomic mass is 16.6. The van der Waals surface area contributed by atoms with Crippen LogP contribution in [0.2, 0.25) is 0 Å². The predicted octanol–water partition coefficient (Wildman–Crippen LogP) is 2.11. The lowest BCUT2D eigenvalue weighted by Crippen LogP contribution is -2.19. The summed E-state index contributed by atoms with van der Waals surface area (Å²) in [5, 5.41) is 10.9. The SMILES string of the molecule is CCCCN(C)Cc1ccc(NN)c([N+](=O)[O-])c1. The number of nitro benzene ring substituents is 1. The maximum atomic E-state index is 10.9. The van der Waals surface area contributed by atoms with Crippen molar-refractivity contribution in [3.05, 3.63) is 33.9 Å². The van der Waals surface area contributed by atoms with E-state index in [4.69, 9.17) is 5.84 Å². The minimum atomic E-state index is -0.426. The fourth-order valence-electron chi connectivity index (χ4n) is 1.77. The van der Waals surface area contributed by atoms with E-state index in [-0.39, 0.29) is 5.69 Å². The van der Waals surface area contributed by atoms with E-state index >= 15 is 0 Å². The Labute approximate surface area is 107 Å². The molecular formula is C12H20N4O2. The van der Waals surface area contributed by atoms with E-state index in [0.29, 0.717) is 12.2 Å². The first kappa shape index (κ1) is 14.4. The van der Waals surface area contributed by atoms with Gasteiger partial charge >= 0.3 is 0 Å². The fourth-order valence-corrected chi connectivity index (χ4v) is 1.77. The number of nitrogens with one attached hydrogen (secondary N) is 1. The second-order valence-electron chi connectivity index (χ2n) is 4.34. The second-order valence-corrected chi connectivity index (χ2v) is 4.34. The van der Waals surface area contributed by atoms with Gasteiger partial charge in [-0.15, -0.1) is 0 Å². The number of nitrogen functional groups attached to an aromatic ring is 1. The molecule has 0 atom stereocenters. The summed E-state index contributed by atoms with van der Waals surface area (Å²) < 4.78 is 0. The summed E-state index contributed by atoms with van der Waals surface area (Å²) in [7, 11) is 2.01. The van der Waals surface area contributed by atoms with Gasteiger partial charge in [-0.25, -0.2) is 0 Å². The number of benzene rings is 1. The largest absolute Gasteiger partial charge is 0.318 e. The van der Waals surface area contributed by atoms with Crippen LogP contribution in [0.5, 0.6) is 0 Å². The van der Waals surface area contributed by atoms with Gasteiger partial charge in [0.1, 0.15) is 5.69 Å². The standard InChI is InChI=1S/C12H20N4O2/c1-3-4-7-15(2)9-10-5-6-11(14-13)12(8-10)16(17)18/h5-6,8,14H,3-4,7,9,13H2,1-2H3. The number of nitro groups is 1. The molecule has 6 heteroatoms. The fraction of sp³-hybridized carbons (Fsp3) is 0.500. The normalized spacial score (nSPS) is 10.7. The van der Waals surface area contributed by atoms with Crippen molar-refractivity contribution in [3.8, 4) is 0 Å². The molecular weight excluding hydrogens is 232 g/mol. The second kappa shape index (κ2) is 6.93. The van der Waals surface area contributed by atoms with Gasteiger partial charge in [0.05, 0.1) is 4.92 Å². The maximum Gasteiger partial charge on any atom is 0.293 e. The van der Waals surface area contributed by atoms with E-state index in [1.54, 1.807) is 12.1 Å². The minimum absolute atomic E-state index is 0.0129. The van der Waals surface area contributed by atoms with Gasteiger partial charge in [-0.05, 0) is 31.6 Å². The third kappa shape index (κ3) is 3.97. The molecule has 0 saturated heterocycles. The Hall–Kier alpha value is -1.66. The molecule has 1 aromatic rings. The molecule has 0 aliphatic rings. The number of nitrogens with two attached hydrogens (primary N) is 1. The van der Waals surface area contributed by atoms with Crippen LogP contribution < -0.4 is 11.3 Å². The van der Waals surface area contributed by atoms with Crippen molar-refractivity contribution in [2.24, 2.45) is 5.84 Å². The molecule has 1 aromatic carbocycles. The van der Waals surface area contributed by atoms with Gasteiger partial charge in [-0.3, -0.25) is 16.0 Å². The molecule has 100 valence electrons. The van der Waals surface area contributed by atoms with E-state index in [9.17, 15) is 10.1 Å². The van der Waals surface area contributed by atoms with Crippen molar-refractivity contribution in [3.63, 3.8) is 0 Å². The van der Waals surface area contributed by atoms with Crippen LogP contribution in [0.1, 0.15) is 25.3 Å². The monoisotopic (exact) mass is 252 g/mol. The van der Waals surface area contributed by atoms with Crippen LogP contribution in [0.15, 0.2) is 18.2 Å². The molecule has 1 rings (SSSR count). The van der Waals surface area contributed by atoms with Crippen LogP contribution in [0.3, 0.4) is 0 Å². The van der Waals surface area contributed by atoms with Crippen molar-refractivity contribution in [2.45, 2.75) is 26.3 Å². The summed E-state index contributed by atoms with van der Waals surface area (Å²) in [6.45, 7) is 3.83. The Kier molecular flexibility index (Phi) is 5.54. The summed E-state index contributed by atoms with van der Waals surface area (Å²) in [6.07, 6.45) is 2.27. The third-order valence-corrected chi connectivity index (χ3v) is 2.76. The first-order chi connectivity index (χ1) is 8.58. The van der Waals surface area contributed by atoms with E-state index in [2.05, 4.69) is 17.2 Å². The highest BCUT2D eigenvalue weighted by Gasteiger charge is 2.14. The number of hydrogen-bond acceptors (Lipinski definition) is 5. The van der Waals surface area contributed by atoms with Crippen molar-refractivity contribution in [1.82, 2.24) is 4.90 Å². The number of anilines is 1. The predicted molar refractivity (Wildman–Crippen MR) is 72.1 cm³/mol. The van der Waals surface area contributed by atoms with E-state index in [0.717, 1.165) is 24.9 Å². The lowest BCUT2D eigenvalue weighted by Gasteiger charge is -2.16. The van der Waals surface area contributed by atoms with Crippen molar-refractivity contribution < 1.29 is 4.92 Å². The molecule has 0 heterocycles. The topological polar surface area (TPSA) is 84.4 Å². The molecule has 0 aromatic heterocycles. The maximum absolute atomic E-state index is 10.9. The average Bonchev–Trinajstić information content (AvgIpc) is 2.36. The molecule has 3 N–H and O–H groups in total. The van der Waals surface area contributed by atoms with Crippen LogP contribution in [0, 0.1) is 10.1 Å². The van der Waals surface area contributed by atoms with Crippen molar-refractivity contribution >= 4 is 11.4 Å². The Balaban J connectivity index is 2.78. The zero-order valence-electron chi connectivity index (χ0n) is 10.8. The summed E-state index contributed by atoms with van der Waals surface area (Å²) in [6, 6.07) is 5.06. The van der Waals surface area contributed by atoms with Gasteiger partial charge in [0.25, 0.3) is 5.69 Å². The van der Waals surface area contributed by atoms with Gasteiger partial charge in [0, 0.05) is 12.6 Å². The lowest BCUT2D eigenvalue weighted by atomic mass is 10.1. The number of unbranched alkanes of at least 4 members (excludes halogenated alkanes) is 1. The van der Waals surface area contributed by atoms with E-state index in [1.807, 2.05) is 13.1 Å². The Morgan fingerprint density at radius 3 is 2.78 bits per heavy atom. The van der Waals surface area contributed by atoms with Gasteiger partial charge in [0.15, 0.2) is 0 Å². The van der Waals surface area contributed by atoms with Crippen LogP contribution >= 0.6 is 0 Å². The molecule has 0 saturated carbocycles. The quantitative estimate of drug-likeness (QED) is 0.441. The molecule has 0 bridgehead atoms.